The van der Waals surface area contributed by atoms with Gasteiger partial charge in [-0.1, -0.05) is 41.1 Å². The molecule has 1 heterocycles. The number of sulfone groups is 1. The fraction of sp³-hybridized carbons (Fsp3) is 0.263. The van der Waals surface area contributed by atoms with Crippen molar-refractivity contribution >= 4 is 66.4 Å². The van der Waals surface area contributed by atoms with E-state index in [1.165, 1.54) is 17.4 Å². The van der Waals surface area contributed by atoms with Crippen LogP contribution in [0.4, 0.5) is 5.13 Å². The molecule has 0 unspecified atom stereocenters. The quantitative estimate of drug-likeness (QED) is 0.541. The lowest BCUT2D eigenvalue weighted by atomic mass is 10.2. The molecule has 29 heavy (non-hydrogen) atoms. The second-order valence-corrected chi connectivity index (χ2v) is 10.0. The Balaban J connectivity index is 0.00000300. The van der Waals surface area contributed by atoms with Gasteiger partial charge in [-0.15, -0.1) is 12.4 Å². The van der Waals surface area contributed by atoms with E-state index in [1.807, 2.05) is 19.0 Å². The van der Waals surface area contributed by atoms with Crippen LogP contribution in [0.3, 0.4) is 0 Å². The average molecular weight is 474 g/mol. The number of anilines is 1. The first kappa shape index (κ1) is 23.6. The van der Waals surface area contributed by atoms with Crippen molar-refractivity contribution in [1.82, 2.24) is 9.88 Å². The largest absolute Gasteiger partial charge is 0.308 e. The summed E-state index contributed by atoms with van der Waals surface area (Å²) in [5.41, 5.74) is 0.761. The second-order valence-electron chi connectivity index (χ2n) is 6.61. The van der Waals surface area contributed by atoms with Gasteiger partial charge in [-0.05, 0) is 38.4 Å². The highest BCUT2D eigenvalue weighted by atomic mass is 35.5. The monoisotopic (exact) mass is 473 g/mol. The third-order valence-electron chi connectivity index (χ3n) is 4.12. The Morgan fingerprint density at radius 1 is 1.10 bits per heavy atom. The number of fused-ring (bicyclic) bond motifs is 1. The lowest BCUT2D eigenvalue weighted by molar-refractivity contribution is 0.0985. The van der Waals surface area contributed by atoms with Gasteiger partial charge in [-0.2, -0.15) is 0 Å². The van der Waals surface area contributed by atoms with Crippen molar-refractivity contribution in [2.45, 2.75) is 4.90 Å². The van der Waals surface area contributed by atoms with Crippen LogP contribution >= 0.6 is 35.3 Å². The summed E-state index contributed by atoms with van der Waals surface area (Å²) in [4.78, 5) is 21.4. The van der Waals surface area contributed by atoms with Gasteiger partial charge in [0.2, 0.25) is 0 Å². The molecule has 0 N–H and O–H groups in total. The van der Waals surface area contributed by atoms with Gasteiger partial charge in [-0.25, -0.2) is 13.4 Å². The molecule has 0 bridgehead atoms. The van der Waals surface area contributed by atoms with E-state index in [0.29, 0.717) is 39.0 Å². The molecule has 6 nitrogen and oxygen atoms in total. The summed E-state index contributed by atoms with van der Waals surface area (Å²) in [6.07, 6.45) is 1.15. The summed E-state index contributed by atoms with van der Waals surface area (Å²) in [5.74, 6) is -0.271. The van der Waals surface area contributed by atoms with E-state index in [4.69, 9.17) is 11.6 Å². The molecule has 10 heteroatoms. The minimum atomic E-state index is -3.44. The number of hydrogen-bond acceptors (Lipinski definition) is 6. The highest BCUT2D eigenvalue weighted by Crippen LogP contribution is 2.33. The van der Waals surface area contributed by atoms with Gasteiger partial charge in [0.25, 0.3) is 5.91 Å². The van der Waals surface area contributed by atoms with Gasteiger partial charge in [0.05, 0.1) is 20.2 Å². The Kier molecular flexibility index (Phi) is 7.64. The minimum absolute atomic E-state index is 0. The van der Waals surface area contributed by atoms with Gasteiger partial charge in [0, 0.05) is 19.3 Å². The molecule has 3 aromatic rings. The van der Waals surface area contributed by atoms with Crippen molar-refractivity contribution in [3.63, 3.8) is 0 Å². The first-order chi connectivity index (χ1) is 13.2. The molecule has 0 saturated heterocycles. The zero-order valence-corrected chi connectivity index (χ0v) is 19.3. The van der Waals surface area contributed by atoms with E-state index < -0.39 is 9.84 Å². The van der Waals surface area contributed by atoms with E-state index >= 15 is 0 Å². The summed E-state index contributed by atoms with van der Waals surface area (Å²) in [5, 5.41) is 0.804. The zero-order valence-electron chi connectivity index (χ0n) is 16.1. The summed E-state index contributed by atoms with van der Waals surface area (Å²) in [7, 11) is 0.395. The molecule has 0 saturated carbocycles. The predicted molar refractivity (Wildman–Crippen MR) is 122 cm³/mol. The van der Waals surface area contributed by atoms with Crippen LogP contribution in [-0.2, 0) is 9.84 Å². The lowest BCUT2D eigenvalue weighted by Gasteiger charge is -2.22. The molecule has 0 aliphatic heterocycles. The van der Waals surface area contributed by atoms with Crippen molar-refractivity contribution in [1.29, 1.82) is 0 Å². The maximum Gasteiger partial charge on any atom is 0.261 e. The van der Waals surface area contributed by atoms with Crippen molar-refractivity contribution in [2.75, 3.05) is 38.3 Å². The summed E-state index contributed by atoms with van der Waals surface area (Å²) in [6.45, 7) is 1.01. The van der Waals surface area contributed by atoms with Crippen molar-refractivity contribution in [2.24, 2.45) is 0 Å². The van der Waals surface area contributed by atoms with Gasteiger partial charge < -0.3 is 4.90 Å². The van der Waals surface area contributed by atoms with Crippen molar-refractivity contribution in [3.8, 4) is 0 Å². The Bertz CT molecular complexity index is 1130. The summed E-state index contributed by atoms with van der Waals surface area (Å²) < 4.78 is 24.9. The van der Waals surface area contributed by atoms with Gasteiger partial charge >= 0.3 is 0 Å². The van der Waals surface area contributed by atoms with E-state index in [2.05, 4.69) is 4.98 Å². The first-order valence-electron chi connectivity index (χ1n) is 8.49. The molecule has 3 rings (SSSR count). The predicted octanol–water partition coefficient (Wildman–Crippen LogP) is 3.98. The standard InChI is InChI=1S/C19H20ClN3O3S2.ClH/c1-22(2)11-12-23(18(24)13-7-4-5-8-14(13)20)19-21-17-15(27-19)9-6-10-16(17)28(3,25)26;/h4-10H,11-12H2,1-3H3;1H. The maximum absolute atomic E-state index is 13.2. The van der Waals surface area contributed by atoms with E-state index in [-0.39, 0.29) is 23.2 Å². The number of aromatic nitrogens is 1. The van der Waals surface area contributed by atoms with Crippen molar-refractivity contribution < 1.29 is 13.2 Å². The first-order valence-corrected chi connectivity index (χ1v) is 11.6. The molecule has 1 amide bonds. The molecular formula is C19H21Cl2N3O3S2. The highest BCUT2D eigenvalue weighted by Gasteiger charge is 2.24. The number of carbonyl (C=O) groups excluding carboxylic acids is 1. The number of para-hydroxylation sites is 1. The van der Waals surface area contributed by atoms with E-state index in [0.717, 1.165) is 6.26 Å². The molecule has 0 radical (unpaired) electrons. The Hall–Kier alpha value is -1.71. The molecule has 156 valence electrons. The number of nitrogens with zero attached hydrogens (tertiary/aromatic N) is 3. The number of hydrogen-bond donors (Lipinski definition) is 0. The Labute approximate surface area is 185 Å². The molecule has 0 atom stereocenters. The Morgan fingerprint density at radius 2 is 1.79 bits per heavy atom. The van der Waals surface area contributed by atoms with Crippen LogP contribution < -0.4 is 4.90 Å². The highest BCUT2D eigenvalue weighted by molar-refractivity contribution is 7.91. The molecule has 0 spiro atoms. The van der Waals surface area contributed by atoms with Crippen LogP contribution in [0.1, 0.15) is 10.4 Å². The van der Waals surface area contributed by atoms with Crippen LogP contribution in [0.5, 0.6) is 0 Å². The molecule has 2 aromatic carbocycles. The smallest absolute Gasteiger partial charge is 0.261 e. The normalized spacial score (nSPS) is 11.5. The fourth-order valence-corrected chi connectivity index (χ4v) is 4.82. The van der Waals surface area contributed by atoms with Gasteiger partial charge in [0.1, 0.15) is 5.52 Å². The number of rotatable bonds is 6. The topological polar surface area (TPSA) is 70.6 Å². The maximum atomic E-state index is 13.2. The number of carbonyl (C=O) groups is 1. The molecule has 0 aliphatic rings. The second kappa shape index (κ2) is 9.40. The van der Waals surface area contributed by atoms with E-state index in [9.17, 15) is 13.2 Å². The number of halogens is 2. The summed E-state index contributed by atoms with van der Waals surface area (Å²) in [6, 6.07) is 11.9. The number of thiazole rings is 1. The van der Waals surface area contributed by atoms with E-state index in [1.54, 1.807) is 41.3 Å². The van der Waals surface area contributed by atoms with Crippen LogP contribution in [0.2, 0.25) is 5.02 Å². The zero-order chi connectivity index (χ0) is 20.5. The third kappa shape index (κ3) is 5.26. The van der Waals surface area contributed by atoms with Gasteiger partial charge in [-0.3, -0.25) is 9.69 Å². The van der Waals surface area contributed by atoms with Crippen LogP contribution in [0.25, 0.3) is 10.2 Å². The van der Waals surface area contributed by atoms with Gasteiger partial charge in [0.15, 0.2) is 15.0 Å². The number of benzene rings is 2. The molecule has 0 fully saturated rings. The molecular weight excluding hydrogens is 453 g/mol. The van der Waals surface area contributed by atoms with Crippen LogP contribution in [0.15, 0.2) is 47.4 Å². The van der Waals surface area contributed by atoms with Crippen LogP contribution in [0, 0.1) is 0 Å². The molecule has 1 aromatic heterocycles. The molecule has 0 aliphatic carbocycles. The van der Waals surface area contributed by atoms with Crippen LogP contribution in [-0.4, -0.2) is 57.6 Å². The number of amides is 1. The minimum Gasteiger partial charge on any atom is -0.308 e. The lowest BCUT2D eigenvalue weighted by Crippen LogP contribution is -2.36. The Morgan fingerprint density at radius 3 is 2.41 bits per heavy atom. The SMILES string of the molecule is CN(C)CCN(C(=O)c1ccccc1Cl)c1nc2c(S(C)(=O)=O)cccc2s1.Cl. The fourth-order valence-electron chi connectivity index (χ4n) is 2.69. The van der Waals surface area contributed by atoms with Crippen molar-refractivity contribution in [3.05, 3.63) is 53.1 Å². The summed E-state index contributed by atoms with van der Waals surface area (Å²) >= 11 is 7.51. The number of likely N-dealkylation sites (N-methyl/N-ethyl adjacent to an activating group) is 1. The average Bonchev–Trinajstić information content (AvgIpc) is 3.04. The third-order valence-corrected chi connectivity index (χ3v) is 6.62.